The van der Waals surface area contributed by atoms with Gasteiger partial charge in [0.25, 0.3) is 0 Å². The van der Waals surface area contributed by atoms with Crippen molar-refractivity contribution in [3.8, 4) is 0 Å². The molecule has 0 aromatic heterocycles. The third-order valence-electron chi connectivity index (χ3n) is 3.57. The van der Waals surface area contributed by atoms with Gasteiger partial charge >= 0.3 is 58.2 Å². The van der Waals surface area contributed by atoms with E-state index < -0.39 is 10.1 Å². The molecule has 0 aliphatic heterocycles. The second kappa shape index (κ2) is 7.03. The number of hydrogen-bond donors (Lipinski definition) is 0. The van der Waals surface area contributed by atoms with Crippen LogP contribution in [0.2, 0.25) is 0 Å². The molecule has 0 heterocycles. The Morgan fingerprint density at radius 2 is 1.64 bits per heavy atom. The minimum atomic E-state index is -4.55. The number of rotatable bonds is 3. The van der Waals surface area contributed by atoms with Crippen molar-refractivity contribution in [2.45, 2.75) is 11.3 Å². The van der Waals surface area contributed by atoms with Crippen molar-refractivity contribution in [1.82, 2.24) is 0 Å². The maximum atomic E-state index is 11.7. The van der Waals surface area contributed by atoms with Crippen molar-refractivity contribution in [3.63, 3.8) is 0 Å². The number of hydrogen-bond acceptors (Lipinski definition) is 3. The van der Waals surface area contributed by atoms with Crippen LogP contribution < -0.4 is 58.2 Å². The van der Waals surface area contributed by atoms with Gasteiger partial charge in [0, 0.05) is 5.39 Å². The fraction of sp³-hybridized carbons (Fsp3) is 0.0588. The molecule has 3 rings (SSSR count). The van der Waals surface area contributed by atoms with E-state index in [2.05, 4.69) is 6.58 Å². The van der Waals surface area contributed by atoms with Crippen LogP contribution in [0.25, 0.3) is 21.5 Å². The van der Waals surface area contributed by atoms with Crippen molar-refractivity contribution in [2.75, 3.05) is 0 Å². The van der Waals surface area contributed by atoms with Gasteiger partial charge in [-0.05, 0) is 28.1 Å². The Bertz CT molecular complexity index is 962. The van der Waals surface area contributed by atoms with Gasteiger partial charge in [0.05, 0.1) is 4.90 Å². The molecule has 0 amide bonds. The summed E-state index contributed by atoms with van der Waals surface area (Å²) in [5.74, 6) is 0. The molecule has 3 aromatic rings. The van der Waals surface area contributed by atoms with Gasteiger partial charge in [-0.2, -0.15) is 0 Å². The molecular weight excluding hydrogens is 370 g/mol. The molecule has 5 heteroatoms. The first-order valence-corrected chi connectivity index (χ1v) is 7.93. The van der Waals surface area contributed by atoms with E-state index in [1.807, 2.05) is 36.4 Å². The Kier molecular flexibility index (Phi) is 5.75. The van der Waals surface area contributed by atoms with Crippen molar-refractivity contribution in [1.29, 1.82) is 0 Å². The standard InChI is InChI=1S/C17H14O3S.Rb/c1-2-5-13-9-10-15-14-7-4-3-6-12(14)8-11-16(15)17(13)21(18,19)20;/h2-4,6-11H,1,5H2,(H,18,19,20);/q;+1/p-1. The molecule has 3 nitrogen and oxygen atoms in total. The zero-order chi connectivity index (χ0) is 15.0. The molecule has 0 bridgehead atoms. The molecule has 0 atom stereocenters. The Labute approximate surface area is 178 Å². The van der Waals surface area contributed by atoms with E-state index in [9.17, 15) is 13.0 Å². The van der Waals surface area contributed by atoms with Gasteiger partial charge in [0.15, 0.2) is 0 Å². The fourth-order valence-corrected chi connectivity index (χ4v) is 3.64. The van der Waals surface area contributed by atoms with Gasteiger partial charge in [-0.1, -0.05) is 54.6 Å². The Morgan fingerprint density at radius 1 is 0.955 bits per heavy atom. The van der Waals surface area contributed by atoms with Crippen molar-refractivity contribution < 1.29 is 71.2 Å². The molecule has 0 fully saturated rings. The number of benzene rings is 3. The van der Waals surface area contributed by atoms with Crippen LogP contribution in [0.3, 0.4) is 0 Å². The molecule has 0 spiro atoms. The normalized spacial score (nSPS) is 11.3. The SMILES string of the molecule is C=CCc1ccc2c(ccc3ccccc32)c1S(=O)(=O)[O-].[Rb+]. The van der Waals surface area contributed by atoms with Gasteiger partial charge < -0.3 is 4.55 Å². The van der Waals surface area contributed by atoms with Gasteiger partial charge in [0.1, 0.15) is 10.1 Å². The zero-order valence-electron chi connectivity index (χ0n) is 12.2. The van der Waals surface area contributed by atoms with E-state index in [1.165, 1.54) is 0 Å². The number of allylic oxidation sites excluding steroid dienone is 1. The maximum absolute atomic E-state index is 11.7. The van der Waals surface area contributed by atoms with Crippen LogP contribution in [0, 0.1) is 0 Å². The third kappa shape index (κ3) is 3.27. The average Bonchev–Trinajstić information content (AvgIpc) is 2.45. The molecule has 0 unspecified atom stereocenters. The zero-order valence-corrected chi connectivity index (χ0v) is 18.0. The van der Waals surface area contributed by atoms with Crippen LogP contribution in [-0.4, -0.2) is 13.0 Å². The molecule has 0 saturated heterocycles. The summed E-state index contributed by atoms with van der Waals surface area (Å²) in [6.07, 6.45) is 1.94. The Balaban J connectivity index is 0.00000176. The maximum Gasteiger partial charge on any atom is 1.00 e. The van der Waals surface area contributed by atoms with Crippen LogP contribution in [0.1, 0.15) is 5.56 Å². The van der Waals surface area contributed by atoms with Crippen LogP contribution in [0.4, 0.5) is 0 Å². The summed E-state index contributed by atoms with van der Waals surface area (Å²) in [5, 5.41) is 3.19. The minimum absolute atomic E-state index is 0. The molecule has 3 aromatic carbocycles. The third-order valence-corrected chi connectivity index (χ3v) is 4.55. The second-order valence-corrected chi connectivity index (χ2v) is 6.20. The molecule has 0 saturated carbocycles. The van der Waals surface area contributed by atoms with E-state index in [0.29, 0.717) is 17.4 Å². The van der Waals surface area contributed by atoms with Gasteiger partial charge in [0.2, 0.25) is 0 Å². The van der Waals surface area contributed by atoms with Crippen molar-refractivity contribution in [2.24, 2.45) is 0 Å². The molecule has 0 aliphatic carbocycles. The summed E-state index contributed by atoms with van der Waals surface area (Å²) >= 11 is 0. The fourth-order valence-electron chi connectivity index (χ4n) is 2.72. The average molecular weight is 383 g/mol. The van der Waals surface area contributed by atoms with Crippen molar-refractivity contribution in [3.05, 3.63) is 66.7 Å². The monoisotopic (exact) mass is 382 g/mol. The van der Waals surface area contributed by atoms with Crippen LogP contribution in [0.5, 0.6) is 0 Å². The quantitative estimate of drug-likeness (QED) is 0.379. The van der Waals surface area contributed by atoms with Crippen molar-refractivity contribution >= 4 is 31.7 Å². The summed E-state index contributed by atoms with van der Waals surface area (Å²) in [5.41, 5.74) is 0.489. The first-order valence-electron chi connectivity index (χ1n) is 6.52. The molecular formula is C17H13O3RbS. The topological polar surface area (TPSA) is 57.2 Å². The summed E-state index contributed by atoms with van der Waals surface area (Å²) in [7, 11) is -4.55. The second-order valence-electron chi connectivity index (χ2n) is 4.88. The Hall–Kier alpha value is -0.365. The first-order chi connectivity index (χ1) is 10.0. The summed E-state index contributed by atoms with van der Waals surface area (Å²) < 4.78 is 35.1. The van der Waals surface area contributed by atoms with Crippen LogP contribution in [-0.2, 0) is 16.5 Å². The van der Waals surface area contributed by atoms with Gasteiger partial charge in [-0.3, -0.25) is 0 Å². The molecule has 22 heavy (non-hydrogen) atoms. The number of fused-ring (bicyclic) bond motifs is 3. The first kappa shape index (κ1) is 18.0. The summed E-state index contributed by atoms with van der Waals surface area (Å²) in [4.78, 5) is -0.134. The van der Waals surface area contributed by atoms with E-state index in [0.717, 1.165) is 16.2 Å². The van der Waals surface area contributed by atoms with E-state index >= 15 is 0 Å². The Morgan fingerprint density at radius 3 is 2.32 bits per heavy atom. The molecule has 0 aliphatic rings. The van der Waals surface area contributed by atoms with Gasteiger partial charge in [-0.25, -0.2) is 8.42 Å². The smallest absolute Gasteiger partial charge is 0.744 e. The predicted molar refractivity (Wildman–Crippen MR) is 83.3 cm³/mol. The van der Waals surface area contributed by atoms with E-state index in [4.69, 9.17) is 0 Å². The summed E-state index contributed by atoms with van der Waals surface area (Å²) in [6, 6.07) is 14.8. The van der Waals surface area contributed by atoms with E-state index in [1.54, 1.807) is 18.2 Å². The van der Waals surface area contributed by atoms with Gasteiger partial charge in [-0.15, -0.1) is 6.58 Å². The summed E-state index contributed by atoms with van der Waals surface area (Å²) in [6.45, 7) is 3.61. The molecule has 0 N–H and O–H groups in total. The largest absolute Gasteiger partial charge is 1.00 e. The van der Waals surface area contributed by atoms with Crippen LogP contribution >= 0.6 is 0 Å². The predicted octanol–water partition coefficient (Wildman–Crippen LogP) is 0.630. The minimum Gasteiger partial charge on any atom is -0.744 e. The van der Waals surface area contributed by atoms with Crippen LogP contribution in [0.15, 0.2) is 66.1 Å². The molecule has 0 radical (unpaired) electrons. The molecule has 106 valence electrons. The van der Waals surface area contributed by atoms with E-state index in [-0.39, 0.29) is 63.1 Å².